The Kier molecular flexibility index (Phi) is 3.08. The number of rotatable bonds is 2. The largest absolute Gasteiger partial charge is 0.457 e. The van der Waals surface area contributed by atoms with Gasteiger partial charge in [-0.2, -0.15) is 0 Å². The van der Waals surface area contributed by atoms with Crippen LogP contribution in [0.2, 0.25) is 0 Å². The Morgan fingerprint density at radius 3 is 2.93 bits per heavy atom. The SMILES string of the molecule is CCNC(=N)O[C@@H]1COC2C1OC[C@H]2O. The third-order valence-corrected chi connectivity index (χ3v) is 2.59. The number of hydrogen-bond acceptors (Lipinski definition) is 5. The molecule has 6 heteroatoms. The quantitative estimate of drug-likeness (QED) is 0.410. The van der Waals surface area contributed by atoms with Gasteiger partial charge in [0.05, 0.1) is 13.2 Å². The van der Waals surface area contributed by atoms with E-state index in [0.717, 1.165) is 0 Å². The Hall–Kier alpha value is -0.850. The number of aliphatic hydroxyl groups excluding tert-OH is 1. The molecule has 0 saturated carbocycles. The maximum Gasteiger partial charge on any atom is 0.282 e. The molecular formula is C9H16N2O4. The molecule has 0 radical (unpaired) electrons. The fourth-order valence-corrected chi connectivity index (χ4v) is 1.90. The van der Waals surface area contributed by atoms with Gasteiger partial charge < -0.3 is 24.6 Å². The summed E-state index contributed by atoms with van der Waals surface area (Å²) >= 11 is 0. The third kappa shape index (κ3) is 2.06. The average molecular weight is 216 g/mol. The van der Waals surface area contributed by atoms with Crippen LogP contribution in [0.1, 0.15) is 6.92 Å². The van der Waals surface area contributed by atoms with E-state index >= 15 is 0 Å². The summed E-state index contributed by atoms with van der Waals surface area (Å²) < 4.78 is 16.0. The molecule has 15 heavy (non-hydrogen) atoms. The van der Waals surface area contributed by atoms with Crippen LogP contribution in [0.5, 0.6) is 0 Å². The van der Waals surface area contributed by atoms with Crippen LogP contribution < -0.4 is 5.32 Å². The van der Waals surface area contributed by atoms with E-state index < -0.39 is 6.10 Å². The Bertz CT molecular complexity index is 248. The lowest BCUT2D eigenvalue weighted by atomic mass is 10.1. The summed E-state index contributed by atoms with van der Waals surface area (Å²) in [5, 5.41) is 19.7. The van der Waals surface area contributed by atoms with Crippen LogP contribution in [0, 0.1) is 5.41 Å². The van der Waals surface area contributed by atoms with Crippen molar-refractivity contribution in [2.45, 2.75) is 31.3 Å². The summed E-state index contributed by atoms with van der Waals surface area (Å²) in [7, 11) is 0. The van der Waals surface area contributed by atoms with Crippen molar-refractivity contribution in [1.29, 1.82) is 5.41 Å². The van der Waals surface area contributed by atoms with Gasteiger partial charge in [-0.1, -0.05) is 0 Å². The Morgan fingerprint density at radius 2 is 2.20 bits per heavy atom. The van der Waals surface area contributed by atoms with Crippen molar-refractivity contribution in [1.82, 2.24) is 5.32 Å². The molecule has 86 valence electrons. The summed E-state index contributed by atoms with van der Waals surface area (Å²) in [6.45, 7) is 3.18. The van der Waals surface area contributed by atoms with Crippen molar-refractivity contribution in [3.05, 3.63) is 0 Å². The van der Waals surface area contributed by atoms with E-state index in [4.69, 9.17) is 19.6 Å². The van der Waals surface area contributed by atoms with Gasteiger partial charge in [-0.25, -0.2) is 0 Å². The molecule has 0 aromatic rings. The molecule has 0 aromatic carbocycles. The maximum absolute atomic E-state index is 9.48. The average Bonchev–Trinajstić information content (AvgIpc) is 2.72. The Balaban J connectivity index is 1.87. The first-order valence-corrected chi connectivity index (χ1v) is 5.12. The first kappa shape index (κ1) is 10.7. The second-order valence-electron chi connectivity index (χ2n) is 3.68. The van der Waals surface area contributed by atoms with Crippen LogP contribution in [-0.4, -0.2) is 55.3 Å². The molecule has 2 unspecified atom stereocenters. The monoisotopic (exact) mass is 216 g/mol. The van der Waals surface area contributed by atoms with E-state index in [2.05, 4.69) is 5.32 Å². The van der Waals surface area contributed by atoms with Crippen LogP contribution in [0.15, 0.2) is 0 Å². The van der Waals surface area contributed by atoms with Crippen molar-refractivity contribution >= 4 is 6.02 Å². The fourth-order valence-electron chi connectivity index (χ4n) is 1.90. The minimum atomic E-state index is -0.572. The van der Waals surface area contributed by atoms with Crippen molar-refractivity contribution in [3.63, 3.8) is 0 Å². The third-order valence-electron chi connectivity index (χ3n) is 2.59. The Labute approximate surface area is 88.0 Å². The first-order chi connectivity index (χ1) is 7.22. The molecule has 4 atom stereocenters. The number of nitrogens with one attached hydrogen (secondary N) is 2. The van der Waals surface area contributed by atoms with Crippen molar-refractivity contribution in [2.24, 2.45) is 0 Å². The zero-order valence-electron chi connectivity index (χ0n) is 8.60. The predicted molar refractivity (Wildman–Crippen MR) is 51.8 cm³/mol. The molecule has 0 bridgehead atoms. The fraction of sp³-hybridized carbons (Fsp3) is 0.889. The summed E-state index contributed by atoms with van der Waals surface area (Å²) in [6, 6.07) is 0.0248. The van der Waals surface area contributed by atoms with Gasteiger partial charge in [-0.05, 0) is 6.92 Å². The van der Waals surface area contributed by atoms with Crippen molar-refractivity contribution < 1.29 is 19.3 Å². The molecule has 0 aromatic heterocycles. The van der Waals surface area contributed by atoms with Crippen LogP contribution in [0.4, 0.5) is 0 Å². The lowest BCUT2D eigenvalue weighted by molar-refractivity contribution is 0.00452. The van der Waals surface area contributed by atoms with Gasteiger partial charge in [0.25, 0.3) is 6.02 Å². The summed E-state index contributed by atoms with van der Waals surface area (Å²) in [5.41, 5.74) is 0. The lowest BCUT2D eigenvalue weighted by Crippen LogP contribution is -2.37. The molecule has 0 spiro atoms. The highest BCUT2D eigenvalue weighted by atomic mass is 16.6. The van der Waals surface area contributed by atoms with Gasteiger partial charge in [-0.3, -0.25) is 5.41 Å². The molecule has 2 heterocycles. The van der Waals surface area contributed by atoms with E-state index in [1.807, 2.05) is 6.92 Å². The number of amidine groups is 1. The molecule has 2 rings (SSSR count). The van der Waals surface area contributed by atoms with Gasteiger partial charge in [-0.15, -0.1) is 0 Å². The number of hydrogen-bond donors (Lipinski definition) is 3. The van der Waals surface area contributed by atoms with Gasteiger partial charge in [0.1, 0.15) is 18.3 Å². The summed E-state index contributed by atoms with van der Waals surface area (Å²) in [4.78, 5) is 0. The van der Waals surface area contributed by atoms with Crippen molar-refractivity contribution in [2.75, 3.05) is 19.8 Å². The first-order valence-electron chi connectivity index (χ1n) is 5.12. The van der Waals surface area contributed by atoms with Gasteiger partial charge in [0, 0.05) is 6.54 Å². The molecule has 0 aliphatic carbocycles. The minimum Gasteiger partial charge on any atom is -0.457 e. The lowest BCUT2D eigenvalue weighted by Gasteiger charge is -2.18. The normalized spacial score (nSPS) is 38.8. The molecule has 6 nitrogen and oxygen atoms in total. The van der Waals surface area contributed by atoms with Crippen molar-refractivity contribution in [3.8, 4) is 0 Å². The van der Waals surface area contributed by atoms with E-state index in [9.17, 15) is 5.11 Å². The van der Waals surface area contributed by atoms with Gasteiger partial charge in [0.15, 0.2) is 6.10 Å². The van der Waals surface area contributed by atoms with Gasteiger partial charge in [0.2, 0.25) is 0 Å². The van der Waals surface area contributed by atoms with Gasteiger partial charge >= 0.3 is 0 Å². The zero-order chi connectivity index (χ0) is 10.8. The minimum absolute atomic E-state index is 0.0248. The molecule has 2 aliphatic rings. The molecule has 2 fully saturated rings. The molecule has 2 aliphatic heterocycles. The summed E-state index contributed by atoms with van der Waals surface area (Å²) in [6.07, 6.45) is -1.42. The summed E-state index contributed by atoms with van der Waals surface area (Å²) in [5.74, 6) is 0. The van der Waals surface area contributed by atoms with Crippen LogP contribution in [0.3, 0.4) is 0 Å². The van der Waals surface area contributed by atoms with E-state index in [1.54, 1.807) is 0 Å². The smallest absolute Gasteiger partial charge is 0.282 e. The second-order valence-corrected chi connectivity index (χ2v) is 3.68. The molecular weight excluding hydrogens is 200 g/mol. The topological polar surface area (TPSA) is 83.8 Å². The van der Waals surface area contributed by atoms with E-state index in [0.29, 0.717) is 13.2 Å². The second kappa shape index (κ2) is 4.34. The highest BCUT2D eigenvalue weighted by molar-refractivity contribution is 5.70. The van der Waals surface area contributed by atoms with Crippen LogP contribution in [0.25, 0.3) is 0 Å². The van der Waals surface area contributed by atoms with Crippen LogP contribution in [-0.2, 0) is 14.2 Å². The maximum atomic E-state index is 9.48. The predicted octanol–water partition coefficient (Wildman–Crippen LogP) is -0.926. The molecule has 0 amide bonds. The zero-order valence-corrected chi connectivity index (χ0v) is 8.60. The molecule has 3 N–H and O–H groups in total. The Morgan fingerprint density at radius 1 is 1.47 bits per heavy atom. The highest BCUT2D eigenvalue weighted by Gasteiger charge is 2.48. The number of aliphatic hydroxyl groups is 1. The number of fused-ring (bicyclic) bond motifs is 1. The number of ether oxygens (including phenoxy) is 3. The standard InChI is InChI=1S/C9H16N2O4/c1-2-11-9(10)15-6-4-14-7-5(12)3-13-8(6)7/h5-8,12H,2-4H2,1H3,(H2,10,11)/t5-,6-,7?,8?/m1/s1. The molecule has 2 saturated heterocycles. The van der Waals surface area contributed by atoms with E-state index in [-0.39, 0.29) is 30.9 Å². The highest BCUT2D eigenvalue weighted by Crippen LogP contribution is 2.28. The van der Waals surface area contributed by atoms with E-state index in [1.165, 1.54) is 0 Å². The van der Waals surface area contributed by atoms with Crippen LogP contribution >= 0.6 is 0 Å².